The molecule has 1 unspecified atom stereocenters. The molecule has 5 nitrogen and oxygen atoms in total. The summed E-state index contributed by atoms with van der Waals surface area (Å²) in [6.07, 6.45) is 1.77. The first-order valence-corrected chi connectivity index (χ1v) is 11.2. The molecule has 0 saturated carbocycles. The molecule has 33 heavy (non-hydrogen) atoms. The Balaban J connectivity index is 1.89. The number of benzene rings is 3. The van der Waals surface area contributed by atoms with Crippen LogP contribution in [0.25, 0.3) is 17.3 Å². The van der Waals surface area contributed by atoms with Crippen LogP contribution in [0.2, 0.25) is 0 Å². The third-order valence-electron chi connectivity index (χ3n) is 5.14. The summed E-state index contributed by atoms with van der Waals surface area (Å²) in [7, 11) is 0. The lowest BCUT2D eigenvalue weighted by Crippen LogP contribution is -2.34. The molecule has 4 rings (SSSR count). The smallest absolute Gasteiger partial charge is 0.273 e. The lowest BCUT2D eigenvalue weighted by atomic mass is 10.1. The van der Waals surface area contributed by atoms with Crippen LogP contribution in [-0.4, -0.2) is 10.5 Å². The van der Waals surface area contributed by atoms with Gasteiger partial charge in [0.25, 0.3) is 11.5 Å². The van der Waals surface area contributed by atoms with Crippen molar-refractivity contribution in [3.05, 3.63) is 122 Å². The van der Waals surface area contributed by atoms with E-state index in [0.29, 0.717) is 14.9 Å². The zero-order valence-electron chi connectivity index (χ0n) is 17.9. The van der Waals surface area contributed by atoms with Crippen molar-refractivity contribution in [2.24, 2.45) is 0 Å². The topological polar surface area (TPSA) is 74.9 Å². The van der Waals surface area contributed by atoms with E-state index >= 15 is 0 Å². The summed E-state index contributed by atoms with van der Waals surface area (Å²) in [5.41, 5.74) is 2.01. The highest BCUT2D eigenvalue weighted by Gasteiger charge is 2.19. The largest absolute Gasteiger partial charge is 0.345 e. The van der Waals surface area contributed by atoms with Gasteiger partial charge >= 0.3 is 0 Å². The number of nitrogens with one attached hydrogen (secondary N) is 1. The molecule has 162 valence electrons. The molecule has 1 atom stereocenters. The highest BCUT2D eigenvalue weighted by molar-refractivity contribution is 7.07. The van der Waals surface area contributed by atoms with Gasteiger partial charge in [-0.1, -0.05) is 78.9 Å². The van der Waals surface area contributed by atoms with Crippen LogP contribution in [-0.2, 0) is 4.79 Å². The highest BCUT2D eigenvalue weighted by atomic mass is 32.1. The highest BCUT2D eigenvalue weighted by Crippen LogP contribution is 2.12. The SMILES string of the molecule is CC(NC(=O)C(C#N)=c1sc(=Cc2ccccc2)c(=O)n1-c1ccccc1)c1ccccc1. The van der Waals surface area contributed by atoms with E-state index in [1.165, 1.54) is 4.57 Å². The maximum absolute atomic E-state index is 13.4. The van der Waals surface area contributed by atoms with Crippen molar-refractivity contribution in [2.75, 3.05) is 0 Å². The Hall–Kier alpha value is -4.21. The Morgan fingerprint density at radius 3 is 2.15 bits per heavy atom. The van der Waals surface area contributed by atoms with E-state index in [0.717, 1.165) is 22.5 Å². The Morgan fingerprint density at radius 2 is 1.55 bits per heavy atom. The van der Waals surface area contributed by atoms with Crippen molar-refractivity contribution >= 4 is 28.9 Å². The maximum atomic E-state index is 13.4. The second-order valence-corrected chi connectivity index (χ2v) is 8.43. The molecule has 0 bridgehead atoms. The van der Waals surface area contributed by atoms with E-state index < -0.39 is 5.91 Å². The van der Waals surface area contributed by atoms with Crippen LogP contribution in [0.1, 0.15) is 24.1 Å². The van der Waals surface area contributed by atoms with Crippen LogP contribution >= 0.6 is 11.3 Å². The summed E-state index contributed by atoms with van der Waals surface area (Å²) in [6, 6.07) is 29.8. The number of hydrogen-bond acceptors (Lipinski definition) is 4. The molecule has 3 aromatic carbocycles. The summed E-state index contributed by atoms with van der Waals surface area (Å²) < 4.78 is 2.18. The van der Waals surface area contributed by atoms with E-state index in [1.807, 2.05) is 91.9 Å². The molecule has 1 amide bonds. The third-order valence-corrected chi connectivity index (χ3v) is 6.23. The minimum Gasteiger partial charge on any atom is -0.345 e. The van der Waals surface area contributed by atoms with Gasteiger partial charge in [-0.2, -0.15) is 5.26 Å². The summed E-state index contributed by atoms with van der Waals surface area (Å²) in [4.78, 5) is 26.5. The zero-order chi connectivity index (χ0) is 23.2. The first kappa shape index (κ1) is 22.0. The van der Waals surface area contributed by atoms with Crippen LogP contribution < -0.4 is 20.1 Å². The number of para-hydroxylation sites is 1. The minimum absolute atomic E-state index is 0.101. The number of hydrogen-bond donors (Lipinski definition) is 1. The average Bonchev–Trinajstić information content (AvgIpc) is 3.16. The van der Waals surface area contributed by atoms with E-state index in [4.69, 9.17) is 0 Å². The fraction of sp³-hybridized carbons (Fsp3) is 0.0741. The molecule has 0 fully saturated rings. The molecular formula is C27H21N3O2S. The van der Waals surface area contributed by atoms with Gasteiger partial charge in [0, 0.05) is 0 Å². The molecule has 0 radical (unpaired) electrons. The Kier molecular flexibility index (Phi) is 6.63. The van der Waals surface area contributed by atoms with Gasteiger partial charge in [-0.3, -0.25) is 14.2 Å². The van der Waals surface area contributed by atoms with Gasteiger partial charge in [0.05, 0.1) is 16.3 Å². The molecule has 4 aromatic rings. The summed E-state index contributed by atoms with van der Waals surface area (Å²) in [6.45, 7) is 1.86. The molecule has 0 spiro atoms. The van der Waals surface area contributed by atoms with Gasteiger partial charge in [-0.05, 0) is 36.3 Å². The van der Waals surface area contributed by atoms with Crippen molar-refractivity contribution in [1.82, 2.24) is 9.88 Å². The average molecular weight is 452 g/mol. The van der Waals surface area contributed by atoms with Gasteiger partial charge in [0.2, 0.25) is 0 Å². The molecule has 1 heterocycles. The molecule has 1 N–H and O–H groups in total. The van der Waals surface area contributed by atoms with Gasteiger partial charge in [-0.25, -0.2) is 0 Å². The van der Waals surface area contributed by atoms with Crippen molar-refractivity contribution in [3.8, 4) is 11.8 Å². The number of carbonyl (C=O) groups is 1. The van der Waals surface area contributed by atoms with E-state index in [9.17, 15) is 14.9 Å². The van der Waals surface area contributed by atoms with Gasteiger partial charge in [0.15, 0.2) is 5.57 Å². The lowest BCUT2D eigenvalue weighted by Gasteiger charge is -2.13. The van der Waals surface area contributed by atoms with Crippen molar-refractivity contribution in [3.63, 3.8) is 0 Å². The summed E-state index contributed by atoms with van der Waals surface area (Å²) in [5, 5.41) is 12.8. The quantitative estimate of drug-likeness (QED) is 0.506. The lowest BCUT2D eigenvalue weighted by molar-refractivity contribution is -0.116. The number of amides is 1. The number of rotatable bonds is 5. The number of thiazole rings is 1. The zero-order valence-corrected chi connectivity index (χ0v) is 18.8. The summed E-state index contributed by atoms with van der Waals surface area (Å²) in [5.74, 6) is -0.522. The Bertz CT molecular complexity index is 1480. The van der Waals surface area contributed by atoms with Crippen molar-refractivity contribution in [1.29, 1.82) is 5.26 Å². The molecular weight excluding hydrogens is 430 g/mol. The first-order valence-electron chi connectivity index (χ1n) is 10.4. The number of nitrogens with zero attached hydrogens (tertiary/aromatic N) is 2. The van der Waals surface area contributed by atoms with Crippen LogP contribution in [0.3, 0.4) is 0 Å². The second-order valence-electron chi connectivity index (χ2n) is 7.40. The van der Waals surface area contributed by atoms with E-state index in [-0.39, 0.29) is 17.2 Å². The number of carbonyl (C=O) groups excluding carboxylic acids is 1. The van der Waals surface area contributed by atoms with Crippen LogP contribution in [0.4, 0.5) is 0 Å². The van der Waals surface area contributed by atoms with Gasteiger partial charge in [-0.15, -0.1) is 11.3 Å². The van der Waals surface area contributed by atoms with Gasteiger partial charge in [0.1, 0.15) is 10.7 Å². The van der Waals surface area contributed by atoms with Gasteiger partial charge < -0.3 is 5.32 Å². The van der Waals surface area contributed by atoms with Crippen LogP contribution in [0.15, 0.2) is 95.8 Å². The van der Waals surface area contributed by atoms with Crippen molar-refractivity contribution in [2.45, 2.75) is 13.0 Å². The fourth-order valence-corrected chi connectivity index (χ4v) is 4.55. The van der Waals surface area contributed by atoms with Crippen LogP contribution in [0, 0.1) is 11.3 Å². The molecule has 0 aliphatic rings. The molecule has 0 aliphatic carbocycles. The Morgan fingerprint density at radius 1 is 0.970 bits per heavy atom. The van der Waals surface area contributed by atoms with Crippen molar-refractivity contribution < 1.29 is 4.79 Å². The van der Waals surface area contributed by atoms with E-state index in [2.05, 4.69) is 5.32 Å². The predicted molar refractivity (Wildman–Crippen MR) is 131 cm³/mol. The standard InChI is InChI=1S/C27H21N3O2S/c1-19(21-13-7-3-8-14-21)29-25(31)23(18-28)27-30(22-15-9-4-10-16-22)26(32)24(33-27)17-20-11-5-2-6-12-20/h2-17,19H,1H3,(H,29,31). The normalized spacial score (nSPS) is 13.2. The number of nitriles is 1. The molecule has 6 heteroatoms. The summed E-state index contributed by atoms with van der Waals surface area (Å²) >= 11 is 1.13. The Labute approximate surface area is 195 Å². The second kappa shape index (κ2) is 9.94. The number of aromatic nitrogens is 1. The fourth-order valence-electron chi connectivity index (χ4n) is 3.45. The van der Waals surface area contributed by atoms with Crippen LogP contribution in [0.5, 0.6) is 0 Å². The predicted octanol–water partition coefficient (Wildman–Crippen LogP) is 3.28. The third kappa shape index (κ3) is 4.84. The minimum atomic E-state index is -0.522. The first-order chi connectivity index (χ1) is 16.1. The van der Waals surface area contributed by atoms with E-state index in [1.54, 1.807) is 18.2 Å². The monoisotopic (exact) mass is 451 g/mol. The maximum Gasteiger partial charge on any atom is 0.273 e. The molecule has 1 aromatic heterocycles. The molecule has 0 saturated heterocycles. The molecule has 0 aliphatic heterocycles.